The molecular formula is C17H20ClNO. The van der Waals surface area contributed by atoms with Gasteiger partial charge in [0.15, 0.2) is 0 Å². The maximum Gasteiger partial charge on any atom is 0.128 e. The highest BCUT2D eigenvalue weighted by Gasteiger charge is 2.06. The molecule has 0 unspecified atom stereocenters. The van der Waals surface area contributed by atoms with E-state index in [0.29, 0.717) is 17.5 Å². The zero-order valence-corrected chi connectivity index (χ0v) is 12.9. The molecule has 2 aromatic carbocycles. The fraction of sp³-hybridized carbons (Fsp3) is 0.294. The fourth-order valence-corrected chi connectivity index (χ4v) is 2.50. The highest BCUT2D eigenvalue weighted by molar-refractivity contribution is 6.31. The van der Waals surface area contributed by atoms with Gasteiger partial charge in [0.05, 0.1) is 0 Å². The first-order valence-corrected chi connectivity index (χ1v) is 7.16. The van der Waals surface area contributed by atoms with Crippen LogP contribution in [0.15, 0.2) is 36.4 Å². The van der Waals surface area contributed by atoms with Gasteiger partial charge in [-0.2, -0.15) is 0 Å². The molecule has 2 N–H and O–H groups in total. The first kappa shape index (κ1) is 14.9. The van der Waals surface area contributed by atoms with Crippen molar-refractivity contribution >= 4 is 11.6 Å². The van der Waals surface area contributed by atoms with Crippen molar-refractivity contribution in [3.8, 4) is 11.5 Å². The zero-order valence-electron chi connectivity index (χ0n) is 12.1. The third kappa shape index (κ3) is 3.33. The van der Waals surface area contributed by atoms with Crippen LogP contribution in [0.3, 0.4) is 0 Å². The average Bonchev–Trinajstić information content (AvgIpc) is 2.38. The summed E-state index contributed by atoms with van der Waals surface area (Å²) in [5.74, 6) is 2.06. The number of benzene rings is 2. The molecule has 2 rings (SSSR count). The van der Waals surface area contributed by atoms with Gasteiger partial charge in [-0.05, 0) is 53.8 Å². The van der Waals surface area contributed by atoms with Crippen LogP contribution >= 0.6 is 11.6 Å². The number of rotatable bonds is 4. The molecule has 0 amide bonds. The van der Waals surface area contributed by atoms with Gasteiger partial charge in [0.2, 0.25) is 0 Å². The van der Waals surface area contributed by atoms with Crippen LogP contribution in [0.5, 0.6) is 11.5 Å². The highest BCUT2D eigenvalue weighted by atomic mass is 35.5. The Morgan fingerprint density at radius 2 is 1.75 bits per heavy atom. The normalized spacial score (nSPS) is 10.9. The monoisotopic (exact) mass is 289 g/mol. The predicted octanol–water partition coefficient (Wildman–Crippen LogP) is 5.02. The molecule has 3 heteroatoms. The van der Waals surface area contributed by atoms with E-state index in [-0.39, 0.29) is 0 Å². The van der Waals surface area contributed by atoms with Crippen molar-refractivity contribution in [1.82, 2.24) is 0 Å². The van der Waals surface area contributed by atoms with Crippen LogP contribution in [0.2, 0.25) is 5.02 Å². The molecule has 0 atom stereocenters. The molecule has 0 aromatic heterocycles. The van der Waals surface area contributed by atoms with Crippen LogP contribution in [0, 0.1) is 6.92 Å². The average molecular weight is 290 g/mol. The molecule has 0 aliphatic carbocycles. The summed E-state index contributed by atoms with van der Waals surface area (Å²) in [7, 11) is 0. The minimum Gasteiger partial charge on any atom is -0.457 e. The predicted molar refractivity (Wildman–Crippen MR) is 84.7 cm³/mol. The molecule has 106 valence electrons. The summed E-state index contributed by atoms with van der Waals surface area (Å²) >= 11 is 6.13. The van der Waals surface area contributed by atoms with Crippen molar-refractivity contribution in [3.05, 3.63) is 58.1 Å². The van der Waals surface area contributed by atoms with Crippen LogP contribution in [0.4, 0.5) is 0 Å². The van der Waals surface area contributed by atoms with Gasteiger partial charge in [-0.3, -0.25) is 0 Å². The van der Waals surface area contributed by atoms with E-state index in [1.54, 1.807) is 6.07 Å². The molecule has 0 radical (unpaired) electrons. The molecule has 0 heterocycles. The second kappa shape index (κ2) is 6.29. The van der Waals surface area contributed by atoms with E-state index in [1.807, 2.05) is 18.2 Å². The summed E-state index contributed by atoms with van der Waals surface area (Å²) in [6, 6.07) is 11.8. The van der Waals surface area contributed by atoms with Gasteiger partial charge in [-0.25, -0.2) is 0 Å². The van der Waals surface area contributed by atoms with Crippen molar-refractivity contribution in [1.29, 1.82) is 0 Å². The number of halogens is 1. The quantitative estimate of drug-likeness (QED) is 0.857. The summed E-state index contributed by atoms with van der Waals surface area (Å²) in [4.78, 5) is 0. The van der Waals surface area contributed by atoms with Gasteiger partial charge < -0.3 is 10.5 Å². The van der Waals surface area contributed by atoms with E-state index >= 15 is 0 Å². The minimum absolute atomic E-state index is 0.432. The van der Waals surface area contributed by atoms with E-state index in [0.717, 1.165) is 17.1 Å². The third-order valence-corrected chi connectivity index (χ3v) is 3.70. The molecule has 0 spiro atoms. The van der Waals surface area contributed by atoms with E-state index in [4.69, 9.17) is 22.1 Å². The van der Waals surface area contributed by atoms with Gasteiger partial charge in [0.25, 0.3) is 0 Å². The van der Waals surface area contributed by atoms with Crippen LogP contribution in [-0.4, -0.2) is 0 Å². The maximum atomic E-state index is 6.13. The third-order valence-electron chi connectivity index (χ3n) is 3.34. The van der Waals surface area contributed by atoms with Crippen molar-refractivity contribution in [3.63, 3.8) is 0 Å². The van der Waals surface area contributed by atoms with E-state index in [1.165, 1.54) is 11.1 Å². The Kier molecular flexibility index (Phi) is 4.69. The summed E-state index contributed by atoms with van der Waals surface area (Å²) in [5, 5.41) is 0.639. The smallest absolute Gasteiger partial charge is 0.128 e. The number of nitrogens with two attached hydrogens (primary N) is 1. The van der Waals surface area contributed by atoms with Crippen LogP contribution in [0.1, 0.15) is 36.5 Å². The maximum absolute atomic E-state index is 6.13. The van der Waals surface area contributed by atoms with Gasteiger partial charge in [0, 0.05) is 11.6 Å². The molecule has 0 bridgehead atoms. The molecule has 2 aromatic rings. The standard InChI is InChI=1S/C17H20ClNO/c1-11(2)16-7-6-14(8-12(16)3)20-15-5-4-13(10-19)17(18)9-15/h4-9,11H,10,19H2,1-3H3. The summed E-state index contributed by atoms with van der Waals surface area (Å²) < 4.78 is 5.85. The Hall–Kier alpha value is -1.51. The largest absolute Gasteiger partial charge is 0.457 e. The summed E-state index contributed by atoms with van der Waals surface area (Å²) in [6.45, 7) is 6.91. The summed E-state index contributed by atoms with van der Waals surface area (Å²) in [5.41, 5.74) is 9.09. The molecule has 0 aliphatic rings. The highest BCUT2D eigenvalue weighted by Crippen LogP contribution is 2.29. The van der Waals surface area contributed by atoms with Gasteiger partial charge in [-0.1, -0.05) is 37.6 Å². The molecule has 0 fully saturated rings. The molecule has 20 heavy (non-hydrogen) atoms. The second-order valence-corrected chi connectivity index (χ2v) is 5.64. The lowest BCUT2D eigenvalue weighted by Crippen LogP contribution is -1.97. The second-order valence-electron chi connectivity index (χ2n) is 5.23. The molecule has 0 aliphatic heterocycles. The lowest BCUT2D eigenvalue weighted by molar-refractivity contribution is 0.481. The van der Waals surface area contributed by atoms with Gasteiger partial charge in [-0.15, -0.1) is 0 Å². The van der Waals surface area contributed by atoms with E-state index < -0.39 is 0 Å². The number of aryl methyl sites for hydroxylation is 1. The van der Waals surface area contributed by atoms with Gasteiger partial charge >= 0.3 is 0 Å². The lowest BCUT2D eigenvalue weighted by Gasteiger charge is -2.13. The summed E-state index contributed by atoms with van der Waals surface area (Å²) in [6.07, 6.45) is 0. The van der Waals surface area contributed by atoms with Crippen molar-refractivity contribution in [2.75, 3.05) is 0 Å². The van der Waals surface area contributed by atoms with E-state index in [2.05, 4.69) is 32.9 Å². The van der Waals surface area contributed by atoms with Crippen molar-refractivity contribution in [2.45, 2.75) is 33.2 Å². The van der Waals surface area contributed by atoms with Crippen LogP contribution in [-0.2, 0) is 6.54 Å². The van der Waals surface area contributed by atoms with Crippen LogP contribution < -0.4 is 10.5 Å². The topological polar surface area (TPSA) is 35.2 Å². The molecule has 2 nitrogen and oxygen atoms in total. The Morgan fingerprint density at radius 1 is 1.10 bits per heavy atom. The Balaban J connectivity index is 2.22. The van der Waals surface area contributed by atoms with E-state index in [9.17, 15) is 0 Å². The Bertz CT molecular complexity index is 608. The van der Waals surface area contributed by atoms with Gasteiger partial charge in [0.1, 0.15) is 11.5 Å². The SMILES string of the molecule is Cc1cc(Oc2ccc(CN)c(Cl)c2)ccc1C(C)C. The molecule has 0 saturated carbocycles. The minimum atomic E-state index is 0.432. The number of hydrogen-bond donors (Lipinski definition) is 1. The first-order valence-electron chi connectivity index (χ1n) is 6.78. The fourth-order valence-electron chi connectivity index (χ4n) is 2.25. The molecule has 0 saturated heterocycles. The van der Waals surface area contributed by atoms with Crippen molar-refractivity contribution in [2.24, 2.45) is 5.73 Å². The lowest BCUT2D eigenvalue weighted by atomic mass is 9.98. The number of ether oxygens (including phenoxy) is 1. The zero-order chi connectivity index (χ0) is 14.7. The van der Waals surface area contributed by atoms with Crippen LogP contribution in [0.25, 0.3) is 0 Å². The number of hydrogen-bond acceptors (Lipinski definition) is 2. The molecular weight excluding hydrogens is 270 g/mol. The first-order chi connectivity index (χ1) is 9.51. The Labute approximate surface area is 125 Å². The van der Waals surface area contributed by atoms with Crippen molar-refractivity contribution < 1.29 is 4.74 Å². The Morgan fingerprint density at radius 3 is 2.30 bits per heavy atom.